The lowest BCUT2D eigenvalue weighted by Gasteiger charge is -2.21. The zero-order chi connectivity index (χ0) is 15.2. The normalized spacial score (nSPS) is 13.0. The molecule has 0 spiro atoms. The number of ether oxygens (including phenoxy) is 1. The number of aliphatic hydroxyl groups is 1. The Balaban J connectivity index is 2.16. The summed E-state index contributed by atoms with van der Waals surface area (Å²) in [5, 5.41) is 15.4. The van der Waals surface area contributed by atoms with Gasteiger partial charge in [-0.25, -0.2) is 4.98 Å². The Morgan fingerprint density at radius 1 is 1.57 bits per heavy atom. The van der Waals surface area contributed by atoms with Crippen molar-refractivity contribution in [2.75, 3.05) is 38.8 Å². The summed E-state index contributed by atoms with van der Waals surface area (Å²) < 4.78 is 7.09. The fraction of sp³-hybridized carbons (Fsp3) is 0.643. The van der Waals surface area contributed by atoms with E-state index < -0.39 is 6.10 Å². The fourth-order valence-corrected chi connectivity index (χ4v) is 3.05. The Hall–Kier alpha value is -1.15. The molecule has 2 heterocycles. The SMILES string of the molecule is CCCNCc1c(N(C)CC(O)COC)nc2sccn12. The average Bonchev–Trinajstić information content (AvgIpc) is 3.01. The van der Waals surface area contributed by atoms with Crippen molar-refractivity contribution < 1.29 is 9.84 Å². The molecule has 0 aliphatic carbocycles. The number of thiazole rings is 1. The highest BCUT2D eigenvalue weighted by Gasteiger charge is 2.18. The second-order valence-corrected chi connectivity index (χ2v) is 5.98. The third kappa shape index (κ3) is 3.94. The summed E-state index contributed by atoms with van der Waals surface area (Å²) in [6.07, 6.45) is 2.62. The Bertz CT molecular complexity index is 554. The molecule has 0 aliphatic rings. The van der Waals surface area contributed by atoms with Gasteiger partial charge in [0.15, 0.2) is 10.8 Å². The molecular formula is C14H24N4O2S. The monoisotopic (exact) mass is 312 g/mol. The maximum atomic E-state index is 9.90. The molecule has 0 fully saturated rings. The van der Waals surface area contributed by atoms with Crippen molar-refractivity contribution in [3.63, 3.8) is 0 Å². The molecule has 0 saturated carbocycles. The van der Waals surface area contributed by atoms with Gasteiger partial charge in [-0.1, -0.05) is 6.92 Å². The standard InChI is InChI=1S/C14H24N4O2S/c1-4-5-15-8-12-13(16-14-18(12)6-7-21-14)17(2)9-11(19)10-20-3/h6-7,11,15,19H,4-5,8-10H2,1-3H3. The largest absolute Gasteiger partial charge is 0.389 e. The molecule has 2 aromatic heterocycles. The van der Waals surface area contributed by atoms with Crippen LogP contribution in [0.15, 0.2) is 11.6 Å². The number of imidazole rings is 1. The van der Waals surface area contributed by atoms with Crippen LogP contribution in [0.25, 0.3) is 4.96 Å². The predicted molar refractivity (Wildman–Crippen MR) is 86.2 cm³/mol. The van der Waals surface area contributed by atoms with Gasteiger partial charge in [0.05, 0.1) is 18.4 Å². The lowest BCUT2D eigenvalue weighted by molar-refractivity contribution is 0.0694. The highest BCUT2D eigenvalue weighted by Crippen LogP contribution is 2.24. The lowest BCUT2D eigenvalue weighted by atomic mass is 10.3. The molecule has 6 nitrogen and oxygen atoms in total. The van der Waals surface area contributed by atoms with Gasteiger partial charge >= 0.3 is 0 Å². The molecule has 2 aromatic rings. The number of fused-ring (bicyclic) bond motifs is 1. The molecular weight excluding hydrogens is 288 g/mol. The number of rotatable bonds is 9. The van der Waals surface area contributed by atoms with E-state index in [1.165, 1.54) is 0 Å². The Morgan fingerprint density at radius 3 is 3.10 bits per heavy atom. The molecule has 0 aromatic carbocycles. The molecule has 2 rings (SSSR count). The van der Waals surface area contributed by atoms with E-state index in [-0.39, 0.29) is 0 Å². The quantitative estimate of drug-likeness (QED) is 0.684. The minimum absolute atomic E-state index is 0.329. The number of hydrogen-bond acceptors (Lipinski definition) is 6. The number of hydrogen-bond donors (Lipinski definition) is 2. The summed E-state index contributed by atoms with van der Waals surface area (Å²) in [4.78, 5) is 7.65. The first-order valence-corrected chi connectivity index (χ1v) is 8.08. The van der Waals surface area contributed by atoms with Crippen LogP contribution in [0.2, 0.25) is 0 Å². The van der Waals surface area contributed by atoms with Gasteiger partial charge in [-0.2, -0.15) is 0 Å². The molecule has 1 atom stereocenters. The van der Waals surface area contributed by atoms with Crippen LogP contribution in [0.5, 0.6) is 0 Å². The van der Waals surface area contributed by atoms with E-state index >= 15 is 0 Å². The van der Waals surface area contributed by atoms with Gasteiger partial charge in [0.25, 0.3) is 0 Å². The Labute approximate surface area is 129 Å². The summed E-state index contributed by atoms with van der Waals surface area (Å²) in [7, 11) is 3.55. The van der Waals surface area contributed by atoms with Crippen molar-refractivity contribution in [3.8, 4) is 0 Å². The van der Waals surface area contributed by atoms with Crippen LogP contribution >= 0.6 is 11.3 Å². The average molecular weight is 312 g/mol. The summed E-state index contributed by atoms with van der Waals surface area (Å²) in [5.41, 5.74) is 1.13. The molecule has 0 bridgehead atoms. The Kier molecular flexibility index (Phi) is 5.98. The molecule has 0 aliphatic heterocycles. The molecule has 21 heavy (non-hydrogen) atoms. The van der Waals surface area contributed by atoms with Crippen LogP contribution < -0.4 is 10.2 Å². The second kappa shape index (κ2) is 7.74. The number of likely N-dealkylation sites (N-methyl/N-ethyl adjacent to an activating group) is 1. The van der Waals surface area contributed by atoms with Crippen LogP contribution in [0.1, 0.15) is 19.0 Å². The van der Waals surface area contributed by atoms with Crippen molar-refractivity contribution in [2.24, 2.45) is 0 Å². The van der Waals surface area contributed by atoms with Gasteiger partial charge in [0.2, 0.25) is 0 Å². The van der Waals surface area contributed by atoms with Crippen LogP contribution in [0.3, 0.4) is 0 Å². The van der Waals surface area contributed by atoms with Gasteiger partial charge in [0, 0.05) is 38.8 Å². The molecule has 7 heteroatoms. The topological polar surface area (TPSA) is 62.0 Å². The first-order chi connectivity index (χ1) is 10.2. The van der Waals surface area contributed by atoms with Gasteiger partial charge in [-0.15, -0.1) is 11.3 Å². The third-order valence-corrected chi connectivity index (χ3v) is 4.02. The molecule has 0 saturated heterocycles. The van der Waals surface area contributed by atoms with Crippen LogP contribution in [0.4, 0.5) is 5.82 Å². The van der Waals surface area contributed by atoms with Crippen molar-refractivity contribution in [1.82, 2.24) is 14.7 Å². The molecule has 1 unspecified atom stereocenters. The number of nitrogens with one attached hydrogen (secondary N) is 1. The highest BCUT2D eigenvalue weighted by atomic mass is 32.1. The summed E-state index contributed by atoms with van der Waals surface area (Å²) in [6, 6.07) is 0. The predicted octanol–water partition coefficient (Wildman–Crippen LogP) is 1.34. The van der Waals surface area contributed by atoms with Crippen LogP contribution in [-0.2, 0) is 11.3 Å². The minimum Gasteiger partial charge on any atom is -0.389 e. The van der Waals surface area contributed by atoms with Crippen molar-refractivity contribution in [1.29, 1.82) is 0 Å². The maximum absolute atomic E-state index is 9.90. The van der Waals surface area contributed by atoms with E-state index in [1.54, 1.807) is 18.4 Å². The van der Waals surface area contributed by atoms with Crippen molar-refractivity contribution >= 4 is 22.1 Å². The number of methoxy groups -OCH3 is 1. The van der Waals surface area contributed by atoms with Gasteiger partial charge in [-0.05, 0) is 13.0 Å². The first-order valence-electron chi connectivity index (χ1n) is 7.20. The molecule has 0 radical (unpaired) electrons. The summed E-state index contributed by atoms with van der Waals surface area (Å²) in [5.74, 6) is 0.917. The van der Waals surface area contributed by atoms with E-state index in [4.69, 9.17) is 4.74 Å². The maximum Gasteiger partial charge on any atom is 0.195 e. The van der Waals surface area contributed by atoms with E-state index in [1.807, 2.05) is 23.5 Å². The van der Waals surface area contributed by atoms with Crippen LogP contribution in [-0.4, -0.2) is 54.4 Å². The van der Waals surface area contributed by atoms with Gasteiger partial charge < -0.3 is 20.1 Å². The van der Waals surface area contributed by atoms with E-state index in [9.17, 15) is 5.11 Å². The number of aliphatic hydroxyl groups excluding tert-OH is 1. The van der Waals surface area contributed by atoms with Crippen molar-refractivity contribution in [2.45, 2.75) is 26.0 Å². The second-order valence-electron chi connectivity index (χ2n) is 5.10. The van der Waals surface area contributed by atoms with Crippen molar-refractivity contribution in [3.05, 3.63) is 17.3 Å². The van der Waals surface area contributed by atoms with Crippen LogP contribution in [0, 0.1) is 0 Å². The zero-order valence-corrected chi connectivity index (χ0v) is 13.7. The molecule has 0 amide bonds. The number of aromatic nitrogens is 2. The number of nitrogens with zero attached hydrogens (tertiary/aromatic N) is 3. The Morgan fingerprint density at radius 2 is 2.38 bits per heavy atom. The third-order valence-electron chi connectivity index (χ3n) is 3.26. The smallest absolute Gasteiger partial charge is 0.195 e. The van der Waals surface area contributed by atoms with E-state index in [0.717, 1.165) is 36.0 Å². The van der Waals surface area contributed by atoms with Gasteiger partial charge in [-0.3, -0.25) is 4.40 Å². The van der Waals surface area contributed by atoms with Gasteiger partial charge in [0.1, 0.15) is 0 Å². The fourth-order valence-electron chi connectivity index (χ4n) is 2.32. The molecule has 118 valence electrons. The highest BCUT2D eigenvalue weighted by molar-refractivity contribution is 7.15. The zero-order valence-electron chi connectivity index (χ0n) is 12.9. The summed E-state index contributed by atoms with van der Waals surface area (Å²) in [6.45, 7) is 4.73. The van der Waals surface area contributed by atoms with E-state index in [0.29, 0.717) is 13.2 Å². The lowest BCUT2D eigenvalue weighted by Crippen LogP contribution is -2.33. The molecule has 2 N–H and O–H groups in total. The van der Waals surface area contributed by atoms with E-state index in [2.05, 4.69) is 21.6 Å². The number of anilines is 1. The summed E-state index contributed by atoms with van der Waals surface area (Å²) >= 11 is 1.62. The first kappa shape index (κ1) is 16.2. The minimum atomic E-state index is -0.517.